The molecule has 0 saturated heterocycles. The number of benzene rings is 4. The van der Waals surface area contributed by atoms with Gasteiger partial charge in [-0.25, -0.2) is 25.3 Å². The van der Waals surface area contributed by atoms with Gasteiger partial charge in [0.2, 0.25) is 0 Å². The Bertz CT molecular complexity index is 1650. The van der Waals surface area contributed by atoms with Crippen molar-refractivity contribution in [2.45, 2.75) is 14.7 Å². The molecule has 4 aromatic rings. The van der Waals surface area contributed by atoms with E-state index in [4.69, 9.17) is 4.74 Å². The van der Waals surface area contributed by atoms with Gasteiger partial charge >= 0.3 is 88.7 Å². The average Bonchev–Trinajstić information content (AvgIpc) is 2.62. The van der Waals surface area contributed by atoms with Crippen molar-refractivity contribution in [3.63, 3.8) is 0 Å². The topological polar surface area (TPSA) is 181 Å². The Morgan fingerprint density at radius 3 is 1.21 bits per heavy atom. The number of hydrogen-bond donors (Lipinski definition) is 0. The van der Waals surface area contributed by atoms with Crippen LogP contribution in [0.4, 0.5) is 0 Å². The van der Waals surface area contributed by atoms with Gasteiger partial charge in [-0.15, -0.1) is 0 Å². The maximum absolute atomic E-state index is 11.8. The fourth-order valence-corrected chi connectivity index (χ4v) is 5.82. The first kappa shape index (κ1) is 31.5. The molecule has 10 nitrogen and oxygen atoms in total. The molecule has 158 valence electrons. The Kier molecular flexibility index (Phi) is 9.96. The molecule has 0 atom stereocenters. The molecular formula is C17H9Na3O10S3. The summed E-state index contributed by atoms with van der Waals surface area (Å²) in [6, 6.07) is 6.23. The first-order valence-corrected chi connectivity index (χ1v) is 12.2. The fourth-order valence-electron chi connectivity index (χ4n) is 3.66. The van der Waals surface area contributed by atoms with E-state index in [1.165, 1.54) is 19.2 Å². The molecule has 0 radical (unpaired) electrons. The van der Waals surface area contributed by atoms with Crippen LogP contribution in [0.25, 0.3) is 32.3 Å². The van der Waals surface area contributed by atoms with Crippen LogP contribution in [-0.2, 0) is 30.4 Å². The first-order valence-electron chi connectivity index (χ1n) is 7.95. The number of methoxy groups -OCH3 is 1. The van der Waals surface area contributed by atoms with Gasteiger partial charge in [0.1, 0.15) is 36.1 Å². The van der Waals surface area contributed by atoms with E-state index in [9.17, 15) is 38.9 Å². The van der Waals surface area contributed by atoms with Crippen LogP contribution in [0.1, 0.15) is 0 Å². The second-order valence-corrected chi connectivity index (χ2v) is 10.4. The van der Waals surface area contributed by atoms with Gasteiger partial charge in [0.15, 0.2) is 0 Å². The number of ether oxygens (including phenoxy) is 1. The predicted octanol–water partition coefficient (Wildman–Crippen LogP) is -7.68. The van der Waals surface area contributed by atoms with Crippen LogP contribution in [-0.4, -0.2) is 46.0 Å². The van der Waals surface area contributed by atoms with Crippen molar-refractivity contribution in [2.75, 3.05) is 7.11 Å². The third-order valence-electron chi connectivity index (χ3n) is 4.77. The van der Waals surface area contributed by atoms with E-state index in [1.807, 2.05) is 0 Å². The van der Waals surface area contributed by atoms with Crippen molar-refractivity contribution in [1.29, 1.82) is 0 Å². The van der Waals surface area contributed by atoms with Gasteiger partial charge < -0.3 is 18.4 Å². The van der Waals surface area contributed by atoms with E-state index in [1.54, 1.807) is 0 Å². The van der Waals surface area contributed by atoms with Crippen LogP contribution >= 0.6 is 0 Å². The Balaban J connectivity index is 0.00000181. The van der Waals surface area contributed by atoms with Crippen molar-refractivity contribution in [3.05, 3.63) is 36.4 Å². The zero-order valence-electron chi connectivity index (χ0n) is 17.8. The van der Waals surface area contributed by atoms with Gasteiger partial charge in [0, 0.05) is 32.3 Å². The van der Waals surface area contributed by atoms with E-state index in [0.717, 1.165) is 18.2 Å². The molecule has 4 aromatic carbocycles. The van der Waals surface area contributed by atoms with Gasteiger partial charge in [-0.05, 0) is 18.2 Å². The fraction of sp³-hybridized carbons (Fsp3) is 0.0588. The van der Waals surface area contributed by atoms with Crippen LogP contribution < -0.4 is 93.4 Å². The molecule has 0 spiro atoms. The minimum Gasteiger partial charge on any atom is -0.744 e. The maximum Gasteiger partial charge on any atom is 1.00 e. The molecule has 0 unspecified atom stereocenters. The summed E-state index contributed by atoms with van der Waals surface area (Å²) in [5.41, 5.74) is 0. The summed E-state index contributed by atoms with van der Waals surface area (Å²) < 4.78 is 111. The second kappa shape index (κ2) is 10.4. The van der Waals surface area contributed by atoms with Gasteiger partial charge in [-0.3, -0.25) is 0 Å². The Morgan fingerprint density at radius 2 is 0.879 bits per heavy atom. The molecule has 0 amide bonds. The Labute approximate surface area is 255 Å². The number of rotatable bonds is 4. The zero-order valence-corrected chi connectivity index (χ0v) is 26.2. The molecule has 0 aromatic heterocycles. The van der Waals surface area contributed by atoms with Gasteiger partial charge in [-0.2, -0.15) is 0 Å². The molecule has 4 rings (SSSR count). The predicted molar refractivity (Wildman–Crippen MR) is 101 cm³/mol. The molecule has 33 heavy (non-hydrogen) atoms. The summed E-state index contributed by atoms with van der Waals surface area (Å²) in [5.74, 6) is -0.0618. The van der Waals surface area contributed by atoms with Crippen molar-refractivity contribution in [3.8, 4) is 5.75 Å². The molecule has 0 N–H and O–H groups in total. The zero-order chi connectivity index (χ0) is 22.2. The quantitative estimate of drug-likeness (QED) is 0.138. The van der Waals surface area contributed by atoms with Gasteiger partial charge in [-0.1, -0.05) is 18.2 Å². The average molecular weight is 538 g/mol. The van der Waals surface area contributed by atoms with Crippen LogP contribution in [0.5, 0.6) is 5.75 Å². The summed E-state index contributed by atoms with van der Waals surface area (Å²) in [6.07, 6.45) is 0. The van der Waals surface area contributed by atoms with Crippen LogP contribution in [0.15, 0.2) is 51.1 Å². The van der Waals surface area contributed by atoms with Crippen molar-refractivity contribution in [1.82, 2.24) is 0 Å². The van der Waals surface area contributed by atoms with E-state index in [2.05, 4.69) is 0 Å². The molecule has 0 saturated carbocycles. The van der Waals surface area contributed by atoms with Crippen molar-refractivity contribution < 1.29 is 132 Å². The molecular weight excluding hydrogens is 529 g/mol. The normalized spacial score (nSPS) is 12.2. The minimum atomic E-state index is -5.23. The minimum absolute atomic E-state index is 0. The van der Waals surface area contributed by atoms with E-state index >= 15 is 0 Å². The van der Waals surface area contributed by atoms with E-state index < -0.39 is 45.0 Å². The number of hydrogen-bond acceptors (Lipinski definition) is 10. The first-order chi connectivity index (χ1) is 13.7. The SMILES string of the molecule is COc1cc(S(=O)(=O)[O-])c2ccc3c(S(=O)(=O)[O-])cc(S(=O)(=O)[O-])c4ccc1c2c43.[Na+].[Na+].[Na+]. The molecule has 0 aliphatic heterocycles. The summed E-state index contributed by atoms with van der Waals surface area (Å²) in [7, 11) is -14.3. The molecule has 0 aliphatic rings. The van der Waals surface area contributed by atoms with Gasteiger partial charge in [0.05, 0.1) is 21.8 Å². The molecule has 0 bridgehead atoms. The standard InChI is InChI=1S/C17H12O10S3.3Na/c1-27-12-6-13(28(18,19)20)9-4-5-11-15(30(24,25)26)7-14(29(21,22)23)10-3-2-8(12)16(9)17(10)11;;;/h2-7H,1H3,(H,18,19,20)(H,21,22,23)(H,24,25,26);;;/q;3*+1/p-3. The molecule has 16 heteroatoms. The monoisotopic (exact) mass is 538 g/mol. The van der Waals surface area contributed by atoms with Gasteiger partial charge in [0.25, 0.3) is 0 Å². The summed E-state index contributed by atoms with van der Waals surface area (Å²) >= 11 is 0. The summed E-state index contributed by atoms with van der Waals surface area (Å²) in [6.45, 7) is 0. The summed E-state index contributed by atoms with van der Waals surface area (Å²) in [5, 5.41) is -0.586. The van der Waals surface area contributed by atoms with Crippen molar-refractivity contribution in [2.24, 2.45) is 0 Å². The maximum atomic E-state index is 11.8. The molecule has 0 heterocycles. The second-order valence-electron chi connectivity index (χ2n) is 6.38. The third kappa shape index (κ3) is 5.43. The van der Waals surface area contributed by atoms with Crippen LogP contribution in [0, 0.1) is 0 Å². The van der Waals surface area contributed by atoms with Crippen molar-refractivity contribution >= 4 is 62.7 Å². The third-order valence-corrected chi connectivity index (χ3v) is 7.40. The summed E-state index contributed by atoms with van der Waals surface area (Å²) in [4.78, 5) is -2.62. The smallest absolute Gasteiger partial charge is 0.744 e. The van der Waals surface area contributed by atoms with Crippen LogP contribution in [0.2, 0.25) is 0 Å². The molecule has 0 fully saturated rings. The van der Waals surface area contributed by atoms with E-state index in [0.29, 0.717) is 6.07 Å². The molecule has 0 aliphatic carbocycles. The largest absolute Gasteiger partial charge is 1.00 e. The Morgan fingerprint density at radius 1 is 0.576 bits per heavy atom. The van der Waals surface area contributed by atoms with Crippen LogP contribution in [0.3, 0.4) is 0 Å². The van der Waals surface area contributed by atoms with E-state index in [-0.39, 0.29) is 127 Å². The Hall–Kier alpha value is 0.450.